The Morgan fingerprint density at radius 2 is 2.05 bits per heavy atom. The van der Waals surface area contributed by atoms with Gasteiger partial charge in [-0.2, -0.15) is 5.10 Å². The highest BCUT2D eigenvalue weighted by molar-refractivity contribution is 6.35. The van der Waals surface area contributed by atoms with Crippen LogP contribution in [0.15, 0.2) is 47.4 Å². The van der Waals surface area contributed by atoms with E-state index >= 15 is 0 Å². The molecule has 1 amide bonds. The zero-order valence-corrected chi connectivity index (χ0v) is 12.1. The summed E-state index contributed by atoms with van der Waals surface area (Å²) in [5.74, 6) is -0.687. The number of halogens is 1. The van der Waals surface area contributed by atoms with Gasteiger partial charge in [-0.3, -0.25) is 14.6 Å². The average molecular weight is 315 g/mol. The molecule has 0 aliphatic heterocycles. The number of carbonyl (C=O) groups excluding carboxylic acids is 1. The molecule has 0 unspecified atom stereocenters. The Bertz CT molecular complexity index is 936. The molecular formula is C15H11ClN4O2. The quantitative estimate of drug-likeness (QED) is 0.794. The molecule has 0 spiro atoms. The minimum Gasteiger partial charge on any atom is -0.364 e. The van der Waals surface area contributed by atoms with Crippen LogP contribution in [0, 0.1) is 0 Å². The van der Waals surface area contributed by atoms with E-state index in [1.165, 1.54) is 16.8 Å². The zero-order chi connectivity index (χ0) is 15.7. The summed E-state index contributed by atoms with van der Waals surface area (Å²) in [6.45, 7) is 0.171. The van der Waals surface area contributed by atoms with E-state index in [4.69, 9.17) is 17.3 Å². The first-order valence-corrected chi connectivity index (χ1v) is 6.84. The summed E-state index contributed by atoms with van der Waals surface area (Å²) in [5, 5.41) is 5.34. The van der Waals surface area contributed by atoms with Gasteiger partial charge in [0.05, 0.1) is 12.1 Å². The molecule has 2 N–H and O–H groups in total. The molecule has 0 atom stereocenters. The number of carbonyl (C=O) groups is 1. The van der Waals surface area contributed by atoms with Gasteiger partial charge in [-0.1, -0.05) is 17.7 Å². The van der Waals surface area contributed by atoms with Crippen LogP contribution < -0.4 is 11.3 Å². The van der Waals surface area contributed by atoms with Crippen LogP contribution in [0.4, 0.5) is 0 Å². The smallest absolute Gasteiger partial charge is 0.269 e. The van der Waals surface area contributed by atoms with Crippen molar-refractivity contribution in [3.63, 3.8) is 0 Å². The van der Waals surface area contributed by atoms with Crippen LogP contribution in [-0.4, -0.2) is 20.7 Å². The Morgan fingerprint density at radius 3 is 2.82 bits per heavy atom. The summed E-state index contributed by atoms with van der Waals surface area (Å²) in [6.07, 6.45) is 1.65. The largest absolute Gasteiger partial charge is 0.364 e. The number of hydrogen-bond acceptors (Lipinski definition) is 4. The van der Waals surface area contributed by atoms with Gasteiger partial charge in [0.25, 0.3) is 11.5 Å². The van der Waals surface area contributed by atoms with Crippen molar-refractivity contribution in [2.45, 2.75) is 6.54 Å². The van der Waals surface area contributed by atoms with Gasteiger partial charge in [0.2, 0.25) is 0 Å². The molecule has 7 heteroatoms. The maximum atomic E-state index is 11.9. The third kappa shape index (κ3) is 2.56. The monoisotopic (exact) mass is 314 g/mol. The number of benzene rings is 1. The minimum atomic E-state index is -0.687. The maximum absolute atomic E-state index is 11.9. The van der Waals surface area contributed by atoms with E-state index < -0.39 is 5.91 Å². The van der Waals surface area contributed by atoms with Crippen molar-refractivity contribution < 1.29 is 4.79 Å². The third-order valence-corrected chi connectivity index (χ3v) is 3.57. The predicted molar refractivity (Wildman–Crippen MR) is 82.9 cm³/mol. The molecule has 0 bridgehead atoms. The highest BCUT2D eigenvalue weighted by atomic mass is 35.5. The fraction of sp³-hybridized carbons (Fsp3) is 0.0667. The van der Waals surface area contributed by atoms with Crippen LogP contribution in [-0.2, 0) is 6.54 Å². The molecule has 2 aromatic heterocycles. The molecule has 0 fully saturated rings. The molecule has 3 rings (SSSR count). The third-order valence-electron chi connectivity index (χ3n) is 3.24. The van der Waals surface area contributed by atoms with Crippen molar-refractivity contribution in [3.05, 3.63) is 69.2 Å². The fourth-order valence-electron chi connectivity index (χ4n) is 2.18. The molecule has 0 saturated carbocycles. The van der Waals surface area contributed by atoms with Crippen LogP contribution >= 0.6 is 11.6 Å². The molecule has 6 nitrogen and oxygen atoms in total. The molecule has 3 aromatic rings. The van der Waals surface area contributed by atoms with E-state index in [0.29, 0.717) is 10.5 Å². The summed E-state index contributed by atoms with van der Waals surface area (Å²) >= 11 is 6.14. The van der Waals surface area contributed by atoms with E-state index in [1.54, 1.807) is 24.4 Å². The first-order chi connectivity index (χ1) is 10.6. The van der Waals surface area contributed by atoms with Gasteiger partial charge in [0.1, 0.15) is 5.69 Å². The molecule has 110 valence electrons. The van der Waals surface area contributed by atoms with Crippen molar-refractivity contribution >= 4 is 28.4 Å². The van der Waals surface area contributed by atoms with Gasteiger partial charge in [0.15, 0.2) is 0 Å². The lowest BCUT2D eigenvalue weighted by Crippen LogP contribution is -2.26. The van der Waals surface area contributed by atoms with E-state index in [9.17, 15) is 9.59 Å². The van der Waals surface area contributed by atoms with Crippen LogP contribution in [0.1, 0.15) is 16.1 Å². The summed E-state index contributed by atoms with van der Waals surface area (Å²) in [7, 11) is 0. The molecule has 1 aromatic carbocycles. The summed E-state index contributed by atoms with van der Waals surface area (Å²) in [5.41, 5.74) is 6.36. The molecule has 22 heavy (non-hydrogen) atoms. The fourth-order valence-corrected chi connectivity index (χ4v) is 2.39. The Balaban J connectivity index is 2.11. The van der Waals surface area contributed by atoms with Gasteiger partial charge in [-0.25, -0.2) is 4.68 Å². The number of pyridine rings is 1. The summed E-state index contributed by atoms with van der Waals surface area (Å²) in [6, 6.07) is 9.73. The first-order valence-electron chi connectivity index (χ1n) is 6.46. The number of amides is 1. The average Bonchev–Trinajstić information content (AvgIpc) is 2.52. The number of primary amides is 1. The van der Waals surface area contributed by atoms with Crippen molar-refractivity contribution in [3.8, 4) is 0 Å². The Kier molecular flexibility index (Phi) is 3.60. The number of aromatic nitrogens is 3. The van der Waals surface area contributed by atoms with Gasteiger partial charge in [0, 0.05) is 28.2 Å². The topological polar surface area (TPSA) is 90.9 Å². The summed E-state index contributed by atoms with van der Waals surface area (Å²) < 4.78 is 1.18. The van der Waals surface area contributed by atoms with Crippen molar-refractivity contribution in [1.29, 1.82) is 0 Å². The van der Waals surface area contributed by atoms with Crippen LogP contribution in [0.5, 0.6) is 0 Å². The Hall–Kier alpha value is -2.73. The second-order valence-electron chi connectivity index (χ2n) is 4.68. The van der Waals surface area contributed by atoms with Gasteiger partial charge in [-0.05, 0) is 24.3 Å². The lowest BCUT2D eigenvalue weighted by Gasteiger charge is -2.09. The Morgan fingerprint density at radius 1 is 1.23 bits per heavy atom. The van der Waals surface area contributed by atoms with Crippen LogP contribution in [0.3, 0.4) is 0 Å². The molecule has 0 saturated heterocycles. The number of nitrogens with two attached hydrogens (primary N) is 1. The standard InChI is InChI=1S/C15H11ClN4O2/c16-11-4-3-9(14-10(11)2-1-7-18-14)8-20-13(21)6-5-12(19-20)15(17)22/h1-7H,8H2,(H2,17,22). The number of hydrogen-bond donors (Lipinski definition) is 1. The van der Waals surface area contributed by atoms with Gasteiger partial charge in [-0.15, -0.1) is 0 Å². The van der Waals surface area contributed by atoms with Gasteiger partial charge >= 0.3 is 0 Å². The van der Waals surface area contributed by atoms with Crippen LogP contribution in [0.2, 0.25) is 5.02 Å². The molecule has 0 aliphatic rings. The predicted octanol–water partition coefficient (Wildman–Crippen LogP) is 1.59. The van der Waals surface area contributed by atoms with Crippen molar-refractivity contribution in [2.75, 3.05) is 0 Å². The molecular weight excluding hydrogens is 304 g/mol. The number of nitrogens with zero attached hydrogens (tertiary/aromatic N) is 3. The second-order valence-corrected chi connectivity index (χ2v) is 5.09. The van der Waals surface area contributed by atoms with E-state index in [0.717, 1.165) is 10.9 Å². The lowest BCUT2D eigenvalue weighted by molar-refractivity contribution is 0.0993. The highest BCUT2D eigenvalue weighted by Crippen LogP contribution is 2.24. The summed E-state index contributed by atoms with van der Waals surface area (Å²) in [4.78, 5) is 27.4. The molecule has 0 radical (unpaired) electrons. The number of rotatable bonds is 3. The minimum absolute atomic E-state index is 0.0332. The normalized spacial score (nSPS) is 10.8. The van der Waals surface area contributed by atoms with Crippen LogP contribution in [0.25, 0.3) is 10.9 Å². The SMILES string of the molecule is NC(=O)c1ccc(=O)n(Cc2ccc(Cl)c3cccnc23)n1. The molecule has 2 heterocycles. The molecule has 0 aliphatic carbocycles. The van der Waals surface area contributed by atoms with Crippen molar-refractivity contribution in [1.82, 2.24) is 14.8 Å². The lowest BCUT2D eigenvalue weighted by atomic mass is 10.1. The first kappa shape index (κ1) is 14.2. The van der Waals surface area contributed by atoms with Crippen molar-refractivity contribution in [2.24, 2.45) is 5.73 Å². The van der Waals surface area contributed by atoms with E-state index in [2.05, 4.69) is 10.1 Å². The number of fused-ring (bicyclic) bond motifs is 1. The van der Waals surface area contributed by atoms with E-state index in [1.807, 2.05) is 6.07 Å². The van der Waals surface area contributed by atoms with E-state index in [-0.39, 0.29) is 17.8 Å². The Labute approximate surface area is 130 Å². The van der Waals surface area contributed by atoms with Gasteiger partial charge < -0.3 is 5.73 Å². The highest BCUT2D eigenvalue weighted by Gasteiger charge is 2.10. The second kappa shape index (κ2) is 5.57. The maximum Gasteiger partial charge on any atom is 0.269 e. The zero-order valence-electron chi connectivity index (χ0n) is 11.4.